The summed E-state index contributed by atoms with van der Waals surface area (Å²) in [5.41, 5.74) is 2.25. The van der Waals surface area contributed by atoms with Crippen LogP contribution in [-0.4, -0.2) is 52.6 Å². The monoisotopic (exact) mass is 509 g/mol. The molecule has 0 aromatic heterocycles. The van der Waals surface area contributed by atoms with Crippen LogP contribution in [-0.2, 0) is 11.8 Å². The van der Waals surface area contributed by atoms with Gasteiger partial charge in [0.15, 0.2) is 11.5 Å². The van der Waals surface area contributed by atoms with E-state index in [1.165, 1.54) is 37.8 Å². The lowest BCUT2D eigenvalue weighted by molar-refractivity contribution is -0.952. The van der Waals surface area contributed by atoms with Crippen molar-refractivity contribution in [3.63, 3.8) is 0 Å². The predicted molar refractivity (Wildman–Crippen MR) is 108 cm³/mol. The highest BCUT2D eigenvalue weighted by molar-refractivity contribution is 5.63. The molecule has 2 N–H and O–H groups in total. The fraction of sp³-hybridized carbons (Fsp3) is 0.667. The Bertz CT molecular complexity index is 881. The highest BCUT2D eigenvalue weighted by Crippen LogP contribution is 2.67. The number of hydrogen-bond acceptors (Lipinski definition) is 3. The highest BCUT2D eigenvalue weighted by atomic mass is 127. The van der Waals surface area contributed by atoms with Crippen LogP contribution < -0.4 is 28.7 Å². The molecule has 3 aliphatic carbocycles. The molecule has 1 aromatic carbocycles. The van der Waals surface area contributed by atoms with E-state index in [1.807, 2.05) is 0 Å². The van der Waals surface area contributed by atoms with Crippen molar-refractivity contribution >= 4 is 0 Å². The Hall–Kier alpha value is -0.790. The maximum Gasteiger partial charge on any atom is 0.166 e. The summed E-state index contributed by atoms with van der Waals surface area (Å²) in [6, 6.07) is 4.06. The molecule has 2 aliphatic heterocycles. The van der Waals surface area contributed by atoms with Gasteiger partial charge in [0, 0.05) is 24.3 Å². The zero-order chi connectivity index (χ0) is 19.3. The van der Waals surface area contributed by atoms with E-state index in [0.29, 0.717) is 5.75 Å². The molecule has 0 amide bonds. The van der Waals surface area contributed by atoms with Crippen molar-refractivity contribution in [3.05, 3.63) is 35.4 Å². The minimum absolute atomic E-state index is 0. The molecule has 5 heteroatoms. The Morgan fingerprint density at radius 3 is 2.76 bits per heavy atom. The summed E-state index contributed by atoms with van der Waals surface area (Å²) >= 11 is 0. The Morgan fingerprint density at radius 1 is 1.24 bits per heavy atom. The van der Waals surface area contributed by atoms with Gasteiger partial charge in [-0.2, -0.15) is 0 Å². The van der Waals surface area contributed by atoms with Crippen molar-refractivity contribution in [2.24, 2.45) is 5.92 Å². The minimum atomic E-state index is -0.781. The van der Waals surface area contributed by atoms with Crippen molar-refractivity contribution in [1.82, 2.24) is 0 Å². The Balaban J connectivity index is 0.00000181. The van der Waals surface area contributed by atoms with Crippen LogP contribution in [0.2, 0.25) is 0 Å². The van der Waals surface area contributed by atoms with Crippen molar-refractivity contribution in [2.45, 2.75) is 74.5 Å². The lowest BCUT2D eigenvalue weighted by atomic mass is 9.48. The number of rotatable bonds is 2. The van der Waals surface area contributed by atoms with Gasteiger partial charge >= 0.3 is 0 Å². The first-order valence-electron chi connectivity index (χ1n) is 11.2. The molecular weight excluding hydrogens is 477 g/mol. The number of ether oxygens (including phenoxy) is 1. The summed E-state index contributed by atoms with van der Waals surface area (Å²) in [5, 5.41) is 22.9. The van der Waals surface area contributed by atoms with Gasteiger partial charge in [-0.1, -0.05) is 25.5 Å². The first-order chi connectivity index (χ1) is 13.4. The standard InChI is InChI=1S/C24H31NO3.HI/c1-15-9-10-24(27)19-13-17-7-8-18(26)21-20(17)23(24,22(15)28-21)11-12-25(19,2)14-16-5-3-4-6-16;/h7-8,16,19,22,27H,1,3-6,9-14H2,2H3;1H/t19-,22+,23-,24-,25?;/m1./s1. The number of phenols is 1. The number of aliphatic hydroxyl groups is 1. The Labute approximate surface area is 190 Å². The molecule has 29 heavy (non-hydrogen) atoms. The van der Waals surface area contributed by atoms with E-state index in [-0.39, 0.29) is 41.9 Å². The highest BCUT2D eigenvalue weighted by Gasteiger charge is 2.75. The third kappa shape index (κ3) is 2.33. The summed E-state index contributed by atoms with van der Waals surface area (Å²) in [6.45, 7) is 6.59. The molecule has 158 valence electrons. The average Bonchev–Trinajstić information content (AvgIpc) is 3.29. The number of benzene rings is 1. The third-order valence-electron chi connectivity index (χ3n) is 9.21. The Kier molecular flexibility index (Phi) is 4.42. The van der Waals surface area contributed by atoms with Crippen LogP contribution in [0.4, 0.5) is 0 Å². The summed E-state index contributed by atoms with van der Waals surface area (Å²) in [6.07, 6.45) is 8.61. The number of phenolic OH excluding ortho intramolecular Hbond substituents is 1. The number of nitrogens with zero attached hydrogens (tertiary/aromatic N) is 1. The predicted octanol–water partition coefficient (Wildman–Crippen LogP) is 0.441. The number of likely N-dealkylation sites (tertiary alicyclic amines) is 1. The number of quaternary nitrogens is 1. The summed E-state index contributed by atoms with van der Waals surface area (Å²) in [5.74, 6) is 1.63. The van der Waals surface area contributed by atoms with E-state index in [4.69, 9.17) is 4.74 Å². The topological polar surface area (TPSA) is 49.7 Å². The van der Waals surface area contributed by atoms with Crippen molar-refractivity contribution in [3.8, 4) is 11.5 Å². The SMILES string of the molecule is C=C1CC[C@@]2(O)[C@H]3Cc4ccc(O)c5c4[C@]2(CC[N+]3(C)CC2CCCC2)[C@H]1O5.[I-]. The molecule has 2 bridgehead atoms. The molecule has 1 saturated heterocycles. The summed E-state index contributed by atoms with van der Waals surface area (Å²) in [7, 11) is 2.40. The number of halogens is 1. The van der Waals surface area contributed by atoms with Crippen molar-refractivity contribution in [2.75, 3.05) is 20.1 Å². The van der Waals surface area contributed by atoms with Gasteiger partial charge < -0.3 is 43.4 Å². The molecule has 2 saturated carbocycles. The maximum atomic E-state index is 12.4. The van der Waals surface area contributed by atoms with E-state index >= 15 is 0 Å². The van der Waals surface area contributed by atoms with Gasteiger partial charge in [-0.25, -0.2) is 0 Å². The Morgan fingerprint density at radius 2 is 2.00 bits per heavy atom. The normalized spacial score (nSPS) is 42.2. The van der Waals surface area contributed by atoms with E-state index in [1.54, 1.807) is 6.07 Å². The quantitative estimate of drug-likeness (QED) is 0.346. The first kappa shape index (κ1) is 20.1. The van der Waals surface area contributed by atoms with Gasteiger partial charge in [-0.15, -0.1) is 0 Å². The minimum Gasteiger partial charge on any atom is -1.00 e. The van der Waals surface area contributed by atoms with E-state index < -0.39 is 11.0 Å². The second kappa shape index (κ2) is 6.36. The number of aromatic hydroxyl groups is 1. The summed E-state index contributed by atoms with van der Waals surface area (Å²) in [4.78, 5) is 0. The number of likely N-dealkylation sites (N-methyl/N-ethyl adjacent to an activating group) is 1. The number of piperidine rings is 1. The zero-order valence-corrected chi connectivity index (χ0v) is 19.5. The molecular formula is C24H32INO3. The first-order valence-corrected chi connectivity index (χ1v) is 11.2. The molecule has 2 heterocycles. The molecule has 5 atom stereocenters. The fourth-order valence-electron chi connectivity index (χ4n) is 7.96. The van der Waals surface area contributed by atoms with Crippen LogP contribution in [0, 0.1) is 5.92 Å². The second-order valence-corrected chi connectivity index (χ2v) is 10.5. The molecule has 4 nitrogen and oxygen atoms in total. The lowest BCUT2D eigenvalue weighted by Crippen LogP contribution is -3.00. The average molecular weight is 509 g/mol. The molecule has 6 rings (SSSR count). The van der Waals surface area contributed by atoms with Crippen molar-refractivity contribution in [1.29, 1.82) is 0 Å². The van der Waals surface area contributed by atoms with Crippen molar-refractivity contribution < 1.29 is 43.4 Å². The van der Waals surface area contributed by atoms with Gasteiger partial charge in [-0.3, -0.25) is 0 Å². The van der Waals surface area contributed by atoms with Crippen LogP contribution in [0.15, 0.2) is 24.3 Å². The van der Waals surface area contributed by atoms with E-state index in [0.717, 1.165) is 53.8 Å². The molecule has 1 spiro atoms. The second-order valence-electron chi connectivity index (χ2n) is 10.5. The van der Waals surface area contributed by atoms with Gasteiger partial charge in [0.2, 0.25) is 0 Å². The van der Waals surface area contributed by atoms with Crippen LogP contribution in [0.5, 0.6) is 11.5 Å². The fourth-order valence-corrected chi connectivity index (χ4v) is 7.96. The maximum absolute atomic E-state index is 12.4. The largest absolute Gasteiger partial charge is 1.00 e. The lowest BCUT2D eigenvalue weighted by Gasteiger charge is -2.65. The van der Waals surface area contributed by atoms with Gasteiger partial charge in [0.1, 0.15) is 17.7 Å². The molecule has 1 unspecified atom stereocenters. The summed E-state index contributed by atoms with van der Waals surface area (Å²) < 4.78 is 7.36. The number of hydrogen-bond donors (Lipinski definition) is 2. The van der Waals surface area contributed by atoms with Gasteiger partial charge in [0.25, 0.3) is 0 Å². The smallest absolute Gasteiger partial charge is 0.166 e. The van der Waals surface area contributed by atoms with Crippen LogP contribution >= 0.6 is 0 Å². The third-order valence-corrected chi connectivity index (χ3v) is 9.21. The van der Waals surface area contributed by atoms with Gasteiger partial charge in [-0.05, 0) is 42.9 Å². The molecule has 3 fully saturated rings. The van der Waals surface area contributed by atoms with Gasteiger partial charge in [0.05, 0.1) is 25.6 Å². The zero-order valence-electron chi connectivity index (χ0n) is 17.3. The molecule has 1 aromatic rings. The van der Waals surface area contributed by atoms with E-state index in [9.17, 15) is 10.2 Å². The molecule has 0 radical (unpaired) electrons. The molecule has 5 aliphatic rings. The van der Waals surface area contributed by atoms with Crippen LogP contribution in [0.3, 0.4) is 0 Å². The van der Waals surface area contributed by atoms with Crippen LogP contribution in [0.1, 0.15) is 56.1 Å². The van der Waals surface area contributed by atoms with Crippen LogP contribution in [0.25, 0.3) is 0 Å². The van der Waals surface area contributed by atoms with E-state index in [2.05, 4.69) is 19.7 Å².